The Morgan fingerprint density at radius 2 is 1.93 bits per heavy atom. The largest absolute Gasteiger partial charge is 0.491 e. The van der Waals surface area contributed by atoms with Crippen molar-refractivity contribution in [3.63, 3.8) is 0 Å². The Labute approximate surface area is 92.4 Å². The molecule has 1 rings (SSSR count). The highest BCUT2D eigenvalue weighted by atomic mass is 79.9. The van der Waals surface area contributed by atoms with Crippen molar-refractivity contribution in [1.82, 2.24) is 0 Å². The van der Waals surface area contributed by atoms with E-state index in [2.05, 4.69) is 15.9 Å². The number of Topliss-reactive ketones (excluding diaryl/α,β-unsaturated/α-hetero) is 1. The Bertz CT molecular complexity index is 304. The zero-order valence-corrected chi connectivity index (χ0v) is 9.87. The minimum absolute atomic E-state index is 0.0843. The third kappa shape index (κ3) is 3.14. The quantitative estimate of drug-likeness (QED) is 0.612. The lowest BCUT2D eigenvalue weighted by Crippen LogP contribution is -2.06. The fourth-order valence-corrected chi connectivity index (χ4v) is 1.39. The van der Waals surface area contributed by atoms with Gasteiger partial charge >= 0.3 is 0 Å². The zero-order valence-electron chi connectivity index (χ0n) is 8.29. The van der Waals surface area contributed by atoms with Crippen molar-refractivity contribution < 1.29 is 9.53 Å². The van der Waals surface area contributed by atoms with Crippen LogP contribution in [0.3, 0.4) is 0 Å². The molecule has 0 spiro atoms. The van der Waals surface area contributed by atoms with Crippen LogP contribution in [0.4, 0.5) is 0 Å². The summed E-state index contributed by atoms with van der Waals surface area (Å²) in [5, 5.41) is 0.359. The van der Waals surface area contributed by atoms with E-state index in [0.717, 1.165) is 5.75 Å². The third-order valence-corrected chi connectivity index (χ3v) is 2.18. The van der Waals surface area contributed by atoms with Crippen molar-refractivity contribution in [3.8, 4) is 5.75 Å². The molecule has 0 aliphatic heterocycles. The van der Waals surface area contributed by atoms with E-state index in [0.29, 0.717) is 10.9 Å². The molecule has 0 aromatic heterocycles. The van der Waals surface area contributed by atoms with Gasteiger partial charge < -0.3 is 4.74 Å². The molecule has 0 aliphatic carbocycles. The molecule has 0 saturated carbocycles. The highest BCUT2D eigenvalue weighted by molar-refractivity contribution is 9.09. The molecule has 14 heavy (non-hydrogen) atoms. The molecule has 0 saturated heterocycles. The second-order valence-corrected chi connectivity index (χ2v) is 3.81. The number of ether oxygens (including phenoxy) is 1. The summed E-state index contributed by atoms with van der Waals surface area (Å²) in [5.74, 6) is 0.882. The smallest absolute Gasteiger partial charge is 0.173 e. The lowest BCUT2D eigenvalue weighted by atomic mass is 10.1. The van der Waals surface area contributed by atoms with Crippen molar-refractivity contribution in [3.05, 3.63) is 29.8 Å². The number of hydrogen-bond acceptors (Lipinski definition) is 2. The van der Waals surface area contributed by atoms with Crippen LogP contribution >= 0.6 is 15.9 Å². The molecule has 0 fully saturated rings. The first-order chi connectivity index (χ1) is 6.63. The van der Waals surface area contributed by atoms with E-state index in [1.807, 2.05) is 26.0 Å². The standard InChI is InChI=1S/C11H13BrO2/c1-8(2)14-10-5-3-9(4-6-10)11(13)7-12/h3-6,8H,7H2,1-2H3. The van der Waals surface area contributed by atoms with Crippen LogP contribution in [0.1, 0.15) is 24.2 Å². The number of rotatable bonds is 4. The summed E-state index contributed by atoms with van der Waals surface area (Å²) < 4.78 is 5.46. The molecule has 0 N–H and O–H groups in total. The van der Waals surface area contributed by atoms with Crippen LogP contribution in [0.5, 0.6) is 5.75 Å². The van der Waals surface area contributed by atoms with Crippen molar-refractivity contribution in [2.24, 2.45) is 0 Å². The normalized spacial score (nSPS) is 10.3. The molecule has 0 unspecified atom stereocenters. The highest BCUT2D eigenvalue weighted by Crippen LogP contribution is 2.14. The van der Waals surface area contributed by atoms with Crippen molar-refractivity contribution >= 4 is 21.7 Å². The van der Waals surface area contributed by atoms with Gasteiger partial charge in [-0.3, -0.25) is 4.79 Å². The summed E-state index contributed by atoms with van der Waals surface area (Å²) >= 11 is 3.13. The van der Waals surface area contributed by atoms with Gasteiger partial charge in [-0.1, -0.05) is 15.9 Å². The summed E-state index contributed by atoms with van der Waals surface area (Å²) in [5.41, 5.74) is 0.706. The minimum Gasteiger partial charge on any atom is -0.491 e. The molecule has 3 heteroatoms. The molecular weight excluding hydrogens is 244 g/mol. The van der Waals surface area contributed by atoms with Crippen LogP contribution < -0.4 is 4.74 Å². The summed E-state index contributed by atoms with van der Waals surface area (Å²) in [6, 6.07) is 7.19. The van der Waals surface area contributed by atoms with Gasteiger partial charge in [0.1, 0.15) is 5.75 Å². The number of carbonyl (C=O) groups is 1. The van der Waals surface area contributed by atoms with Gasteiger partial charge in [0.2, 0.25) is 0 Å². The fourth-order valence-electron chi connectivity index (χ4n) is 1.07. The van der Waals surface area contributed by atoms with Crippen LogP contribution in [0, 0.1) is 0 Å². The molecule has 76 valence electrons. The van der Waals surface area contributed by atoms with Gasteiger partial charge in [0.25, 0.3) is 0 Å². The molecule has 0 radical (unpaired) electrons. The van der Waals surface area contributed by atoms with Crippen LogP contribution in [0.2, 0.25) is 0 Å². The first-order valence-electron chi connectivity index (χ1n) is 4.49. The van der Waals surface area contributed by atoms with Crippen molar-refractivity contribution in [2.45, 2.75) is 20.0 Å². The van der Waals surface area contributed by atoms with Gasteiger partial charge in [-0.25, -0.2) is 0 Å². The minimum atomic E-state index is 0.0843. The molecule has 0 aliphatic rings. The maximum atomic E-state index is 11.3. The Hall–Kier alpha value is -0.830. The Morgan fingerprint density at radius 1 is 1.36 bits per heavy atom. The first-order valence-corrected chi connectivity index (χ1v) is 5.61. The monoisotopic (exact) mass is 256 g/mol. The molecule has 1 aromatic carbocycles. The summed E-state index contributed by atoms with van der Waals surface area (Å²) in [7, 11) is 0. The van der Waals surface area contributed by atoms with E-state index in [-0.39, 0.29) is 11.9 Å². The van der Waals surface area contributed by atoms with Gasteiger partial charge in [0.15, 0.2) is 5.78 Å². The molecule has 0 heterocycles. The molecule has 2 nitrogen and oxygen atoms in total. The predicted octanol–water partition coefficient (Wildman–Crippen LogP) is 3.05. The van der Waals surface area contributed by atoms with Gasteiger partial charge in [-0.05, 0) is 38.1 Å². The lowest BCUT2D eigenvalue weighted by molar-refractivity contribution is 0.102. The number of hydrogen-bond donors (Lipinski definition) is 0. The Kier molecular flexibility index (Phi) is 4.14. The van der Waals surface area contributed by atoms with Crippen LogP contribution in [0.25, 0.3) is 0 Å². The molecule has 1 aromatic rings. The highest BCUT2D eigenvalue weighted by Gasteiger charge is 2.03. The van der Waals surface area contributed by atoms with Gasteiger partial charge in [-0.2, -0.15) is 0 Å². The van der Waals surface area contributed by atoms with Gasteiger partial charge in [-0.15, -0.1) is 0 Å². The zero-order chi connectivity index (χ0) is 10.6. The van der Waals surface area contributed by atoms with Gasteiger partial charge in [0, 0.05) is 5.56 Å². The lowest BCUT2D eigenvalue weighted by Gasteiger charge is -2.09. The maximum Gasteiger partial charge on any atom is 0.173 e. The van der Waals surface area contributed by atoms with E-state index < -0.39 is 0 Å². The van der Waals surface area contributed by atoms with E-state index in [1.54, 1.807) is 12.1 Å². The van der Waals surface area contributed by atoms with Gasteiger partial charge in [0.05, 0.1) is 11.4 Å². The number of alkyl halides is 1. The molecule has 0 atom stereocenters. The maximum absolute atomic E-state index is 11.3. The number of carbonyl (C=O) groups excluding carboxylic acids is 1. The topological polar surface area (TPSA) is 26.3 Å². The Morgan fingerprint density at radius 3 is 2.36 bits per heavy atom. The van der Waals surface area contributed by atoms with Crippen LogP contribution in [0.15, 0.2) is 24.3 Å². The average molecular weight is 257 g/mol. The van der Waals surface area contributed by atoms with E-state index in [1.165, 1.54) is 0 Å². The molecular formula is C11H13BrO2. The second kappa shape index (κ2) is 5.15. The summed E-state index contributed by atoms with van der Waals surface area (Å²) in [4.78, 5) is 11.3. The second-order valence-electron chi connectivity index (χ2n) is 3.25. The summed E-state index contributed by atoms with van der Waals surface area (Å²) in [6.45, 7) is 3.94. The molecule has 0 amide bonds. The van der Waals surface area contributed by atoms with E-state index in [4.69, 9.17) is 4.74 Å². The van der Waals surface area contributed by atoms with Crippen molar-refractivity contribution in [2.75, 3.05) is 5.33 Å². The van der Waals surface area contributed by atoms with Crippen LogP contribution in [-0.4, -0.2) is 17.2 Å². The Balaban J connectivity index is 2.73. The third-order valence-electron chi connectivity index (χ3n) is 1.67. The fraction of sp³-hybridized carbons (Fsp3) is 0.364. The number of ketones is 1. The van der Waals surface area contributed by atoms with E-state index in [9.17, 15) is 4.79 Å². The first kappa shape index (κ1) is 11.2. The number of benzene rings is 1. The SMILES string of the molecule is CC(C)Oc1ccc(C(=O)CBr)cc1. The predicted molar refractivity (Wildman–Crippen MR) is 60.3 cm³/mol. The summed E-state index contributed by atoms with van der Waals surface area (Å²) in [6.07, 6.45) is 0.160. The number of halogens is 1. The van der Waals surface area contributed by atoms with Crippen LogP contribution in [-0.2, 0) is 0 Å². The average Bonchev–Trinajstić information content (AvgIpc) is 2.17. The van der Waals surface area contributed by atoms with E-state index >= 15 is 0 Å². The van der Waals surface area contributed by atoms with Crippen molar-refractivity contribution in [1.29, 1.82) is 0 Å². The molecule has 0 bridgehead atoms.